The lowest BCUT2D eigenvalue weighted by atomic mass is 9.34. The summed E-state index contributed by atoms with van der Waals surface area (Å²) >= 11 is 1.90. The van der Waals surface area contributed by atoms with Crippen LogP contribution in [0.25, 0.3) is 69.9 Å². The fourth-order valence-corrected chi connectivity index (χ4v) is 10.4. The first-order valence-corrected chi connectivity index (χ1v) is 18.8. The number of rotatable bonds is 3. The summed E-state index contributed by atoms with van der Waals surface area (Å²) in [5.74, 6) is 0. The highest BCUT2D eigenvalue weighted by molar-refractivity contribution is 7.26. The van der Waals surface area contributed by atoms with Gasteiger partial charge in [0.15, 0.2) is 0 Å². The fraction of sp³-hybridized carbons (Fsp3) is 0. The van der Waals surface area contributed by atoms with Crippen molar-refractivity contribution in [3.8, 4) is 27.9 Å². The van der Waals surface area contributed by atoms with Crippen LogP contribution in [0.5, 0.6) is 0 Å². The van der Waals surface area contributed by atoms with Crippen molar-refractivity contribution in [2.45, 2.75) is 0 Å². The van der Waals surface area contributed by atoms with Gasteiger partial charge < -0.3 is 9.47 Å². The summed E-state index contributed by atoms with van der Waals surface area (Å²) in [4.78, 5) is 2.52. The topological polar surface area (TPSA) is 8.17 Å². The number of hydrogen-bond acceptors (Lipinski definition) is 2. The Kier molecular flexibility index (Phi) is 5.77. The molecular formula is C48H29BN2S. The molecule has 0 amide bonds. The van der Waals surface area contributed by atoms with Crippen molar-refractivity contribution in [3.05, 3.63) is 176 Å². The van der Waals surface area contributed by atoms with Crippen molar-refractivity contribution in [3.63, 3.8) is 0 Å². The van der Waals surface area contributed by atoms with E-state index in [-0.39, 0.29) is 6.71 Å². The van der Waals surface area contributed by atoms with Gasteiger partial charge >= 0.3 is 0 Å². The summed E-state index contributed by atoms with van der Waals surface area (Å²) in [6.45, 7) is 0.0924. The quantitative estimate of drug-likeness (QED) is 0.169. The van der Waals surface area contributed by atoms with E-state index < -0.39 is 0 Å². The molecular weight excluding hydrogens is 647 g/mol. The Bertz CT molecular complexity index is 3090. The van der Waals surface area contributed by atoms with Crippen LogP contribution in [0.1, 0.15) is 0 Å². The predicted octanol–water partition coefficient (Wildman–Crippen LogP) is 11.1. The van der Waals surface area contributed by atoms with Gasteiger partial charge in [-0.2, -0.15) is 0 Å². The van der Waals surface area contributed by atoms with Gasteiger partial charge in [-0.15, -0.1) is 11.3 Å². The number of hydrogen-bond donors (Lipinski definition) is 0. The highest BCUT2D eigenvalue weighted by atomic mass is 32.1. The van der Waals surface area contributed by atoms with Crippen LogP contribution in [-0.2, 0) is 0 Å². The molecule has 0 N–H and O–H groups in total. The van der Waals surface area contributed by atoms with Gasteiger partial charge in [-0.3, -0.25) is 0 Å². The van der Waals surface area contributed by atoms with Crippen LogP contribution in [0.15, 0.2) is 176 Å². The van der Waals surface area contributed by atoms with Crippen LogP contribution in [0.3, 0.4) is 0 Å². The first kappa shape index (κ1) is 28.4. The molecule has 2 nitrogen and oxygen atoms in total. The molecule has 4 heteroatoms. The Hall–Kier alpha value is -6.36. The van der Waals surface area contributed by atoms with Crippen LogP contribution in [0.2, 0.25) is 0 Å². The number of nitrogens with zero attached hydrogens (tertiary/aromatic N) is 2. The Labute approximate surface area is 305 Å². The lowest BCUT2D eigenvalue weighted by Gasteiger charge is -2.40. The second kappa shape index (κ2) is 10.6. The molecule has 2 aliphatic heterocycles. The van der Waals surface area contributed by atoms with E-state index in [0.29, 0.717) is 0 Å². The lowest BCUT2D eigenvalue weighted by molar-refractivity contribution is 1.18. The molecule has 4 heterocycles. The van der Waals surface area contributed by atoms with Crippen molar-refractivity contribution in [1.29, 1.82) is 0 Å². The number of benzene rings is 8. The summed E-state index contributed by atoms with van der Waals surface area (Å²) in [5.41, 5.74) is 16.4. The smallest absolute Gasteiger partial charge is 0.252 e. The molecule has 12 rings (SSSR count). The average molecular weight is 677 g/mol. The lowest BCUT2D eigenvalue weighted by Crippen LogP contribution is -2.60. The third kappa shape index (κ3) is 3.79. The molecule has 2 aromatic heterocycles. The van der Waals surface area contributed by atoms with E-state index in [1.54, 1.807) is 0 Å². The second-order valence-electron chi connectivity index (χ2n) is 14.0. The molecule has 0 unspecified atom stereocenters. The van der Waals surface area contributed by atoms with Crippen LogP contribution in [0.4, 0.5) is 17.1 Å². The van der Waals surface area contributed by atoms with E-state index in [4.69, 9.17) is 0 Å². The maximum atomic E-state index is 2.57. The maximum absolute atomic E-state index is 2.57. The SMILES string of the molecule is c1ccc(-c2cccc(N3c4cc(-c5ccccc5)ccc4B4c5c3cccc5-n3c5ccc6sc7ccccc7c6c5c5cccc4c53)c2)cc1. The minimum absolute atomic E-state index is 0.0924. The summed E-state index contributed by atoms with van der Waals surface area (Å²) in [5, 5.41) is 5.40. The Morgan fingerprint density at radius 2 is 1.12 bits per heavy atom. The largest absolute Gasteiger partial charge is 0.311 e. The molecule has 2 aliphatic rings. The van der Waals surface area contributed by atoms with E-state index in [1.807, 2.05) is 11.3 Å². The first-order valence-electron chi connectivity index (χ1n) is 18.0. The van der Waals surface area contributed by atoms with Gasteiger partial charge in [-0.05, 0) is 87.2 Å². The molecule has 52 heavy (non-hydrogen) atoms. The second-order valence-corrected chi connectivity index (χ2v) is 15.1. The van der Waals surface area contributed by atoms with E-state index >= 15 is 0 Å². The van der Waals surface area contributed by atoms with Crippen molar-refractivity contribution in [2.24, 2.45) is 0 Å². The highest BCUT2D eigenvalue weighted by Crippen LogP contribution is 2.46. The molecule has 240 valence electrons. The van der Waals surface area contributed by atoms with Crippen molar-refractivity contribution >= 4 is 93.5 Å². The Morgan fingerprint density at radius 1 is 0.423 bits per heavy atom. The maximum Gasteiger partial charge on any atom is 0.252 e. The molecule has 0 saturated heterocycles. The Morgan fingerprint density at radius 3 is 1.96 bits per heavy atom. The molecule has 10 aromatic rings. The third-order valence-corrected chi connectivity index (χ3v) is 12.5. The molecule has 0 spiro atoms. The molecule has 0 radical (unpaired) electrons. The Balaban J connectivity index is 1.19. The summed E-state index contributed by atoms with van der Waals surface area (Å²) in [7, 11) is 0. The van der Waals surface area contributed by atoms with Gasteiger partial charge in [0.2, 0.25) is 0 Å². The molecule has 8 aromatic carbocycles. The van der Waals surface area contributed by atoms with E-state index in [2.05, 4.69) is 185 Å². The highest BCUT2D eigenvalue weighted by Gasteiger charge is 2.42. The van der Waals surface area contributed by atoms with Gasteiger partial charge in [0.25, 0.3) is 6.71 Å². The fourth-order valence-electron chi connectivity index (χ4n) is 9.24. The normalized spacial score (nSPS) is 12.9. The van der Waals surface area contributed by atoms with Crippen molar-refractivity contribution in [1.82, 2.24) is 4.57 Å². The zero-order chi connectivity index (χ0) is 33.9. The van der Waals surface area contributed by atoms with Crippen molar-refractivity contribution in [2.75, 3.05) is 4.90 Å². The predicted molar refractivity (Wildman–Crippen MR) is 224 cm³/mol. The minimum Gasteiger partial charge on any atom is -0.311 e. The number of aromatic nitrogens is 1. The molecule has 0 aliphatic carbocycles. The zero-order valence-corrected chi connectivity index (χ0v) is 28.9. The number of anilines is 3. The number of para-hydroxylation sites is 1. The molecule has 0 bridgehead atoms. The first-order chi connectivity index (χ1) is 25.8. The standard InChI is InChI=1S/C48H29BN2S/c1-3-12-30(13-4-1)32-16-9-17-34(28-32)50-40-21-11-22-41-47(40)49(37-25-24-33(29-42(37)50)31-14-5-2-6-15-31)38-20-10-19-36-45-39(51(41)48(36)38)26-27-44-46(45)35-18-7-8-23-43(35)52-44/h1-29H. The van der Waals surface area contributed by atoms with Crippen LogP contribution < -0.4 is 21.3 Å². The van der Waals surface area contributed by atoms with Gasteiger partial charge in [0.05, 0.1) is 5.52 Å². The summed E-state index contributed by atoms with van der Waals surface area (Å²) in [6.07, 6.45) is 0. The van der Waals surface area contributed by atoms with E-state index in [1.165, 1.54) is 97.7 Å². The molecule has 0 fully saturated rings. The van der Waals surface area contributed by atoms with Gasteiger partial charge in [0, 0.05) is 59.2 Å². The van der Waals surface area contributed by atoms with E-state index in [9.17, 15) is 0 Å². The van der Waals surface area contributed by atoms with Gasteiger partial charge in [-0.1, -0.05) is 127 Å². The van der Waals surface area contributed by atoms with Crippen LogP contribution in [0, 0.1) is 0 Å². The average Bonchev–Trinajstić information content (AvgIpc) is 3.76. The van der Waals surface area contributed by atoms with Gasteiger partial charge in [0.1, 0.15) is 0 Å². The van der Waals surface area contributed by atoms with E-state index in [0.717, 1.165) is 5.69 Å². The molecule has 0 saturated carbocycles. The minimum atomic E-state index is 0.0924. The molecule has 0 atom stereocenters. The number of thiophene rings is 1. The summed E-state index contributed by atoms with van der Waals surface area (Å²) in [6, 6.07) is 65.2. The third-order valence-electron chi connectivity index (χ3n) is 11.4. The zero-order valence-electron chi connectivity index (χ0n) is 28.1. The number of fused-ring (bicyclic) bond motifs is 11. The monoisotopic (exact) mass is 676 g/mol. The van der Waals surface area contributed by atoms with Crippen LogP contribution >= 0.6 is 11.3 Å². The van der Waals surface area contributed by atoms with Crippen LogP contribution in [-0.4, -0.2) is 11.3 Å². The van der Waals surface area contributed by atoms with Gasteiger partial charge in [-0.25, -0.2) is 0 Å². The summed E-state index contributed by atoms with van der Waals surface area (Å²) < 4.78 is 5.26. The van der Waals surface area contributed by atoms with Crippen molar-refractivity contribution < 1.29 is 0 Å².